The van der Waals surface area contributed by atoms with Crippen LogP contribution in [0.4, 0.5) is 15.3 Å². The summed E-state index contributed by atoms with van der Waals surface area (Å²) < 4.78 is 10.2. The summed E-state index contributed by atoms with van der Waals surface area (Å²) in [6, 6.07) is 16.8. The van der Waals surface area contributed by atoms with Gasteiger partial charge in [0.05, 0.1) is 25.4 Å². The predicted molar refractivity (Wildman–Crippen MR) is 115 cm³/mol. The molecule has 3 amide bonds. The van der Waals surface area contributed by atoms with E-state index < -0.39 is 17.7 Å². The zero-order chi connectivity index (χ0) is 22.4. The molecular weight excluding hydrogens is 398 g/mol. The Hall–Kier alpha value is -3.55. The minimum Gasteiger partial charge on any atom is -0.449 e. The third-order valence-corrected chi connectivity index (χ3v) is 5.25. The lowest BCUT2D eigenvalue weighted by molar-refractivity contribution is -0.131. The van der Waals surface area contributed by atoms with Crippen LogP contribution in [0.5, 0.6) is 0 Å². The highest BCUT2D eigenvalue weighted by atomic mass is 16.6. The van der Waals surface area contributed by atoms with Crippen molar-refractivity contribution >= 4 is 23.8 Å². The second-order valence-electron chi connectivity index (χ2n) is 6.97. The summed E-state index contributed by atoms with van der Waals surface area (Å²) in [7, 11) is 0. The van der Waals surface area contributed by atoms with E-state index in [1.54, 1.807) is 37.8 Å². The predicted octanol–water partition coefficient (Wildman–Crippen LogP) is 3.96. The molecule has 2 aromatic carbocycles. The smallest absolute Gasteiger partial charge is 0.430 e. The van der Waals surface area contributed by atoms with Crippen LogP contribution in [0.25, 0.3) is 0 Å². The molecule has 0 saturated carbocycles. The van der Waals surface area contributed by atoms with E-state index in [9.17, 15) is 14.4 Å². The molecule has 0 saturated heterocycles. The zero-order valence-corrected chi connectivity index (χ0v) is 18.0. The molecule has 0 aliphatic carbocycles. The first-order valence-corrected chi connectivity index (χ1v) is 10.3. The molecule has 2 aromatic rings. The van der Waals surface area contributed by atoms with Gasteiger partial charge in [-0.1, -0.05) is 55.5 Å². The Morgan fingerprint density at radius 1 is 0.968 bits per heavy atom. The molecule has 8 heteroatoms. The average molecular weight is 425 g/mol. The van der Waals surface area contributed by atoms with Crippen LogP contribution in [-0.2, 0) is 26.4 Å². The molecule has 31 heavy (non-hydrogen) atoms. The first kappa shape index (κ1) is 22.1. The molecule has 0 fully saturated rings. The van der Waals surface area contributed by atoms with E-state index in [0.29, 0.717) is 17.8 Å². The molecule has 0 bridgehead atoms. The Kier molecular flexibility index (Phi) is 6.79. The molecule has 0 radical (unpaired) electrons. The lowest BCUT2D eigenvalue weighted by atomic mass is 9.88. The Bertz CT molecular complexity index is 949. The molecule has 1 aliphatic heterocycles. The molecular formula is C23H27N3O5. The van der Waals surface area contributed by atoms with Crippen molar-refractivity contribution in [3.05, 3.63) is 65.7 Å². The minimum atomic E-state index is -1.47. The minimum absolute atomic E-state index is 0.0865. The summed E-state index contributed by atoms with van der Waals surface area (Å²) in [5.41, 5.74) is 3.21. The first-order valence-electron chi connectivity index (χ1n) is 10.3. The normalized spacial score (nSPS) is 17.1. The molecule has 1 aliphatic rings. The maximum Gasteiger partial charge on any atom is 0.430 e. The summed E-state index contributed by atoms with van der Waals surface area (Å²) in [6.07, 6.45) is -1.45. The largest absolute Gasteiger partial charge is 0.449 e. The fourth-order valence-corrected chi connectivity index (χ4v) is 3.89. The van der Waals surface area contributed by atoms with Crippen LogP contribution >= 0.6 is 0 Å². The van der Waals surface area contributed by atoms with E-state index in [0.717, 1.165) is 10.6 Å². The Morgan fingerprint density at radius 3 is 2.26 bits per heavy atom. The number of carbonyl (C=O) groups excluding carboxylic acids is 3. The fraction of sp³-hybridized carbons (Fsp3) is 0.348. The number of hydrogen-bond acceptors (Lipinski definition) is 5. The molecule has 164 valence electrons. The highest BCUT2D eigenvalue weighted by Gasteiger charge is 2.56. The Labute approximate surface area is 181 Å². The van der Waals surface area contributed by atoms with Crippen LogP contribution < -0.4 is 10.3 Å². The van der Waals surface area contributed by atoms with Crippen molar-refractivity contribution in [3.8, 4) is 0 Å². The highest BCUT2D eigenvalue weighted by molar-refractivity contribution is 6.09. The van der Waals surface area contributed by atoms with Gasteiger partial charge in [-0.05, 0) is 31.9 Å². The topological polar surface area (TPSA) is 88.2 Å². The van der Waals surface area contributed by atoms with Gasteiger partial charge in [-0.25, -0.2) is 15.0 Å². The third-order valence-electron chi connectivity index (χ3n) is 5.25. The van der Waals surface area contributed by atoms with E-state index in [1.165, 1.54) is 0 Å². The van der Waals surface area contributed by atoms with Gasteiger partial charge in [0.25, 0.3) is 5.91 Å². The molecule has 0 aromatic heterocycles. The molecule has 1 atom stereocenters. The molecule has 0 unspecified atom stereocenters. The first-order chi connectivity index (χ1) is 15.0. The van der Waals surface area contributed by atoms with Crippen LogP contribution in [0.15, 0.2) is 54.6 Å². The van der Waals surface area contributed by atoms with E-state index in [1.807, 2.05) is 42.5 Å². The van der Waals surface area contributed by atoms with Gasteiger partial charge in [0.15, 0.2) is 5.54 Å². The molecule has 3 rings (SSSR count). The standard InChI is InChI=1S/C23H27N3O5/c1-4-23(26(22(29)31-6-3)24-21(28)30-5-2)18-14-10-11-15-19(18)25(20(23)27)16-17-12-8-7-9-13-17/h7-15H,4-6,16H2,1-3H3,(H,24,28)/t23-/m0/s1. The number of amides is 3. The summed E-state index contributed by atoms with van der Waals surface area (Å²) >= 11 is 0. The average Bonchev–Trinajstić information content (AvgIpc) is 3.01. The van der Waals surface area contributed by atoms with E-state index in [-0.39, 0.29) is 25.5 Å². The van der Waals surface area contributed by atoms with Crippen LogP contribution in [0.3, 0.4) is 0 Å². The lowest BCUT2D eigenvalue weighted by Gasteiger charge is -2.38. The van der Waals surface area contributed by atoms with Crippen molar-refractivity contribution in [1.82, 2.24) is 10.4 Å². The summed E-state index contributed by atoms with van der Waals surface area (Å²) in [4.78, 5) is 40.7. The van der Waals surface area contributed by atoms with Crippen molar-refractivity contribution in [1.29, 1.82) is 0 Å². The summed E-state index contributed by atoms with van der Waals surface area (Å²) in [5.74, 6) is -0.329. The number of hydrazine groups is 1. The zero-order valence-electron chi connectivity index (χ0n) is 18.0. The van der Waals surface area contributed by atoms with E-state index >= 15 is 0 Å². The maximum absolute atomic E-state index is 13.9. The van der Waals surface area contributed by atoms with Gasteiger partial charge in [0.1, 0.15) is 0 Å². The number of carbonyl (C=O) groups is 3. The van der Waals surface area contributed by atoms with E-state index in [4.69, 9.17) is 9.47 Å². The van der Waals surface area contributed by atoms with Gasteiger partial charge in [-0.3, -0.25) is 4.79 Å². The van der Waals surface area contributed by atoms with Gasteiger partial charge in [-0.15, -0.1) is 0 Å². The molecule has 0 spiro atoms. The quantitative estimate of drug-likeness (QED) is 0.708. The number of para-hydroxylation sites is 1. The van der Waals surface area contributed by atoms with Gasteiger partial charge in [0, 0.05) is 5.56 Å². The Morgan fingerprint density at radius 2 is 1.61 bits per heavy atom. The highest BCUT2D eigenvalue weighted by Crippen LogP contribution is 2.46. The second-order valence-corrected chi connectivity index (χ2v) is 6.97. The molecule has 8 nitrogen and oxygen atoms in total. The number of rotatable bonds is 6. The number of hydrogen-bond donors (Lipinski definition) is 1. The van der Waals surface area contributed by atoms with Crippen LogP contribution in [0.2, 0.25) is 0 Å². The SMILES string of the molecule is CCOC(=O)NN(C(=O)OCC)[C@]1(CC)C(=O)N(Cc2ccccc2)c2ccccc21. The molecule has 1 heterocycles. The van der Waals surface area contributed by atoms with Gasteiger partial charge in [0.2, 0.25) is 0 Å². The number of nitrogens with one attached hydrogen (secondary N) is 1. The monoisotopic (exact) mass is 425 g/mol. The van der Waals surface area contributed by atoms with Crippen LogP contribution in [0, 0.1) is 0 Å². The maximum atomic E-state index is 13.9. The number of benzene rings is 2. The fourth-order valence-electron chi connectivity index (χ4n) is 3.89. The van der Waals surface area contributed by atoms with Crippen LogP contribution in [0.1, 0.15) is 38.3 Å². The van der Waals surface area contributed by atoms with Crippen molar-refractivity contribution in [3.63, 3.8) is 0 Å². The summed E-state index contributed by atoms with van der Waals surface area (Å²) in [6.45, 7) is 5.64. The van der Waals surface area contributed by atoms with Crippen molar-refractivity contribution in [2.75, 3.05) is 18.1 Å². The van der Waals surface area contributed by atoms with Crippen molar-refractivity contribution in [2.45, 2.75) is 39.3 Å². The summed E-state index contributed by atoms with van der Waals surface area (Å²) in [5, 5.41) is 0.973. The number of anilines is 1. The second kappa shape index (κ2) is 9.51. The van der Waals surface area contributed by atoms with E-state index in [2.05, 4.69) is 5.43 Å². The van der Waals surface area contributed by atoms with Gasteiger partial charge >= 0.3 is 12.2 Å². The lowest BCUT2D eigenvalue weighted by Crippen LogP contribution is -2.62. The number of nitrogens with zero attached hydrogens (tertiary/aromatic N) is 2. The van der Waals surface area contributed by atoms with Gasteiger partial charge < -0.3 is 14.4 Å². The van der Waals surface area contributed by atoms with Crippen LogP contribution in [-0.4, -0.2) is 36.3 Å². The van der Waals surface area contributed by atoms with Crippen molar-refractivity contribution < 1.29 is 23.9 Å². The van der Waals surface area contributed by atoms with Crippen molar-refractivity contribution in [2.24, 2.45) is 0 Å². The molecule has 1 N–H and O–H groups in total. The number of ether oxygens (including phenoxy) is 2. The number of fused-ring (bicyclic) bond motifs is 1. The Balaban J connectivity index is 2.10. The third kappa shape index (κ3) is 4.05. The van der Waals surface area contributed by atoms with Gasteiger partial charge in [-0.2, -0.15) is 5.01 Å².